The van der Waals surface area contributed by atoms with Crippen molar-refractivity contribution in [3.8, 4) is 10.6 Å². The van der Waals surface area contributed by atoms with Crippen LogP contribution < -0.4 is 10.6 Å². The second kappa shape index (κ2) is 8.36. The largest absolute Gasteiger partial charge is 0.332 e. The van der Waals surface area contributed by atoms with Gasteiger partial charge in [0.25, 0.3) is 5.91 Å². The van der Waals surface area contributed by atoms with E-state index in [1.165, 1.54) is 11.3 Å². The maximum atomic E-state index is 12.3. The van der Waals surface area contributed by atoms with Crippen LogP contribution in [0.2, 0.25) is 0 Å². The number of aryl methyl sites for hydroxylation is 1. The van der Waals surface area contributed by atoms with Crippen LogP contribution in [0.15, 0.2) is 53.0 Å². The number of carbonyl (C=O) groups is 1. The van der Waals surface area contributed by atoms with Gasteiger partial charge in [0.1, 0.15) is 5.01 Å². The molecule has 0 unspecified atom stereocenters. The van der Waals surface area contributed by atoms with Gasteiger partial charge in [0, 0.05) is 22.1 Å². The van der Waals surface area contributed by atoms with Gasteiger partial charge in [-0.2, -0.15) is 9.61 Å². The fourth-order valence-electron chi connectivity index (χ4n) is 2.67. The summed E-state index contributed by atoms with van der Waals surface area (Å²) < 4.78 is 2.49. The molecule has 0 aliphatic heterocycles. The average molecular weight is 487 g/mol. The van der Waals surface area contributed by atoms with Gasteiger partial charge in [-0.05, 0) is 64.5 Å². The third-order valence-electron chi connectivity index (χ3n) is 4.11. The molecule has 4 aromatic rings. The van der Waals surface area contributed by atoms with E-state index < -0.39 is 0 Å². The van der Waals surface area contributed by atoms with Crippen molar-refractivity contribution < 1.29 is 4.79 Å². The summed E-state index contributed by atoms with van der Waals surface area (Å²) in [4.78, 5) is 13.1. The van der Waals surface area contributed by atoms with Crippen molar-refractivity contribution in [2.45, 2.75) is 13.3 Å². The molecule has 0 saturated heterocycles. The molecule has 29 heavy (non-hydrogen) atoms. The highest BCUT2D eigenvalue weighted by molar-refractivity contribution is 9.10. The normalized spacial score (nSPS) is 10.8. The Morgan fingerprint density at radius 2 is 1.93 bits per heavy atom. The number of halogens is 1. The first-order chi connectivity index (χ1) is 14.0. The number of thiocarbonyl (C=S) groups is 1. The lowest BCUT2D eigenvalue weighted by Crippen LogP contribution is -2.34. The van der Waals surface area contributed by atoms with E-state index in [9.17, 15) is 4.79 Å². The Hall–Kier alpha value is -2.69. The Bertz CT molecular complexity index is 1200. The zero-order chi connectivity index (χ0) is 20.4. The lowest BCUT2D eigenvalue weighted by molar-refractivity contribution is 0.0977. The zero-order valence-electron chi connectivity index (χ0n) is 15.2. The second-order valence-corrected chi connectivity index (χ2v) is 8.26. The van der Waals surface area contributed by atoms with Crippen LogP contribution in [0.25, 0.3) is 15.5 Å². The van der Waals surface area contributed by atoms with Gasteiger partial charge in [-0.1, -0.05) is 30.4 Å². The van der Waals surface area contributed by atoms with Gasteiger partial charge in [-0.3, -0.25) is 10.1 Å². The molecule has 0 radical (unpaired) electrons. The number of rotatable bonds is 4. The molecule has 0 bridgehead atoms. The SMILES string of the molecule is CCc1nnc2sc(-c3ccc(NC(=S)NC(=O)c4ccccc4Br)cc3)nn12. The Morgan fingerprint density at radius 1 is 1.17 bits per heavy atom. The number of anilines is 1. The second-order valence-electron chi connectivity index (χ2n) is 6.04. The number of hydrogen-bond donors (Lipinski definition) is 2. The Balaban J connectivity index is 1.43. The molecule has 2 heterocycles. The molecule has 1 amide bonds. The molecule has 0 spiro atoms. The smallest absolute Gasteiger partial charge is 0.258 e. The molecule has 0 aliphatic carbocycles. The monoisotopic (exact) mass is 486 g/mol. The lowest BCUT2D eigenvalue weighted by Gasteiger charge is -2.10. The Labute approximate surface area is 184 Å². The molecule has 2 aromatic carbocycles. The Morgan fingerprint density at radius 3 is 2.66 bits per heavy atom. The van der Waals surface area contributed by atoms with Crippen molar-refractivity contribution in [2.24, 2.45) is 0 Å². The number of fused-ring (bicyclic) bond motifs is 1. The van der Waals surface area contributed by atoms with E-state index in [4.69, 9.17) is 12.2 Å². The highest BCUT2D eigenvalue weighted by atomic mass is 79.9. The van der Waals surface area contributed by atoms with Gasteiger partial charge in [0.15, 0.2) is 10.9 Å². The molecule has 0 fully saturated rings. The summed E-state index contributed by atoms with van der Waals surface area (Å²) in [6.07, 6.45) is 0.774. The van der Waals surface area contributed by atoms with Crippen LogP contribution in [0.3, 0.4) is 0 Å². The highest BCUT2D eigenvalue weighted by Gasteiger charge is 2.13. The summed E-state index contributed by atoms with van der Waals surface area (Å²) in [6.45, 7) is 2.02. The molecular formula is C19H15BrN6OS2. The number of benzene rings is 2. The van der Waals surface area contributed by atoms with E-state index >= 15 is 0 Å². The first-order valence-electron chi connectivity index (χ1n) is 8.73. The molecule has 2 aromatic heterocycles. The number of nitrogens with zero attached hydrogens (tertiary/aromatic N) is 4. The van der Waals surface area contributed by atoms with Gasteiger partial charge in [0.2, 0.25) is 4.96 Å². The quantitative estimate of drug-likeness (QED) is 0.418. The standard InChI is InChI=1S/C19H15BrN6OS2/c1-2-15-23-24-19-26(15)25-17(29-19)11-7-9-12(10-8-11)21-18(28)22-16(27)13-5-3-4-6-14(13)20/h3-10H,2H2,1H3,(H2,21,22,27,28). The van der Waals surface area contributed by atoms with Gasteiger partial charge < -0.3 is 5.32 Å². The van der Waals surface area contributed by atoms with Crippen LogP contribution in [-0.4, -0.2) is 30.8 Å². The van der Waals surface area contributed by atoms with E-state index in [1.54, 1.807) is 22.7 Å². The van der Waals surface area contributed by atoms with Crippen molar-refractivity contribution in [1.82, 2.24) is 25.1 Å². The maximum absolute atomic E-state index is 12.3. The van der Waals surface area contributed by atoms with Crippen LogP contribution in [0.5, 0.6) is 0 Å². The van der Waals surface area contributed by atoms with Crippen molar-refractivity contribution in [3.63, 3.8) is 0 Å². The number of hydrogen-bond acceptors (Lipinski definition) is 6. The van der Waals surface area contributed by atoms with Crippen molar-refractivity contribution in [1.29, 1.82) is 0 Å². The van der Waals surface area contributed by atoms with Gasteiger partial charge in [0.05, 0.1) is 5.56 Å². The number of amides is 1. The minimum absolute atomic E-state index is 0.227. The van der Waals surface area contributed by atoms with E-state index in [0.29, 0.717) is 10.0 Å². The molecule has 2 N–H and O–H groups in total. The minimum Gasteiger partial charge on any atom is -0.332 e. The fourth-order valence-corrected chi connectivity index (χ4v) is 4.21. The maximum Gasteiger partial charge on any atom is 0.258 e. The summed E-state index contributed by atoms with van der Waals surface area (Å²) in [7, 11) is 0. The van der Waals surface area contributed by atoms with Crippen LogP contribution in [0, 0.1) is 0 Å². The number of carbonyl (C=O) groups excluding carboxylic acids is 1. The van der Waals surface area contributed by atoms with Gasteiger partial charge in [-0.25, -0.2) is 0 Å². The zero-order valence-corrected chi connectivity index (χ0v) is 18.4. The van der Waals surface area contributed by atoms with Crippen LogP contribution in [-0.2, 0) is 6.42 Å². The van der Waals surface area contributed by atoms with E-state index in [-0.39, 0.29) is 11.0 Å². The van der Waals surface area contributed by atoms with E-state index in [1.807, 2.05) is 37.3 Å². The molecule has 0 atom stereocenters. The van der Waals surface area contributed by atoms with Crippen molar-refractivity contribution in [3.05, 3.63) is 64.4 Å². The molecule has 10 heteroatoms. The highest BCUT2D eigenvalue weighted by Crippen LogP contribution is 2.26. The predicted octanol–water partition coefficient (Wildman–Crippen LogP) is 4.30. The third kappa shape index (κ3) is 4.19. The van der Waals surface area contributed by atoms with Crippen LogP contribution >= 0.6 is 39.5 Å². The first kappa shape index (κ1) is 19.6. The molecule has 146 valence electrons. The summed E-state index contributed by atoms with van der Waals surface area (Å²) in [5.74, 6) is 0.560. The summed E-state index contributed by atoms with van der Waals surface area (Å²) in [5, 5.41) is 19.6. The van der Waals surface area contributed by atoms with Gasteiger partial charge >= 0.3 is 0 Å². The molecule has 0 saturated carbocycles. The molecular weight excluding hydrogens is 472 g/mol. The molecule has 7 nitrogen and oxygen atoms in total. The fraction of sp³-hybridized carbons (Fsp3) is 0.105. The van der Waals surface area contributed by atoms with Crippen molar-refractivity contribution >= 4 is 61.2 Å². The third-order valence-corrected chi connectivity index (χ3v) is 5.95. The number of nitrogens with one attached hydrogen (secondary N) is 2. The first-order valence-corrected chi connectivity index (χ1v) is 10.8. The topological polar surface area (TPSA) is 84.2 Å². The van der Waals surface area contributed by atoms with Crippen LogP contribution in [0.1, 0.15) is 23.1 Å². The Kier molecular flexibility index (Phi) is 5.65. The molecule has 0 aliphatic rings. The number of aromatic nitrogens is 4. The minimum atomic E-state index is -0.280. The molecule has 4 rings (SSSR count). The summed E-state index contributed by atoms with van der Waals surface area (Å²) in [5.41, 5.74) is 2.25. The van der Waals surface area contributed by atoms with Crippen LogP contribution in [0.4, 0.5) is 5.69 Å². The predicted molar refractivity (Wildman–Crippen MR) is 121 cm³/mol. The van der Waals surface area contributed by atoms with E-state index in [0.717, 1.165) is 33.5 Å². The van der Waals surface area contributed by atoms with E-state index in [2.05, 4.69) is 41.9 Å². The van der Waals surface area contributed by atoms with Gasteiger partial charge in [-0.15, -0.1) is 10.2 Å². The summed E-state index contributed by atoms with van der Waals surface area (Å²) >= 11 is 10.1. The van der Waals surface area contributed by atoms with Crippen molar-refractivity contribution in [2.75, 3.05) is 5.32 Å². The average Bonchev–Trinajstić information content (AvgIpc) is 3.29. The summed E-state index contributed by atoms with van der Waals surface area (Å²) in [6, 6.07) is 14.8. The lowest BCUT2D eigenvalue weighted by atomic mass is 10.2.